The Balaban J connectivity index is 1.92. The van der Waals surface area contributed by atoms with Gasteiger partial charge in [0.25, 0.3) is 0 Å². The van der Waals surface area contributed by atoms with E-state index in [0.717, 1.165) is 13.0 Å². The number of benzene rings is 1. The van der Waals surface area contributed by atoms with Crippen LogP contribution in [0.2, 0.25) is 0 Å². The van der Waals surface area contributed by atoms with E-state index in [-0.39, 0.29) is 0 Å². The molecule has 0 aromatic heterocycles. The van der Waals surface area contributed by atoms with Crippen molar-refractivity contribution in [1.29, 1.82) is 0 Å². The van der Waals surface area contributed by atoms with Crippen LogP contribution in [-0.4, -0.2) is 18.0 Å². The van der Waals surface area contributed by atoms with Gasteiger partial charge in [0.2, 0.25) is 0 Å². The topological polar surface area (TPSA) is 9.23 Å². The minimum Gasteiger partial charge on any atom is -0.378 e. The standard InChI is InChI=1S/C12H16OS/c1-9(2)13-8-11-7-10-5-3-4-6-12(10)14-11/h3-6,9,11H,7-8H2,1-2H3. The van der Waals surface area contributed by atoms with Gasteiger partial charge in [-0.3, -0.25) is 0 Å². The van der Waals surface area contributed by atoms with Crippen molar-refractivity contribution in [2.45, 2.75) is 36.5 Å². The third-order valence-corrected chi connectivity index (χ3v) is 3.62. The SMILES string of the molecule is CC(C)OCC1Cc2ccccc2S1. The van der Waals surface area contributed by atoms with Gasteiger partial charge < -0.3 is 4.74 Å². The Morgan fingerprint density at radius 1 is 1.43 bits per heavy atom. The second kappa shape index (κ2) is 4.37. The highest BCUT2D eigenvalue weighted by atomic mass is 32.2. The van der Waals surface area contributed by atoms with Crippen LogP contribution in [0.3, 0.4) is 0 Å². The minimum absolute atomic E-state index is 0.347. The summed E-state index contributed by atoms with van der Waals surface area (Å²) < 4.78 is 5.64. The Morgan fingerprint density at radius 2 is 2.21 bits per heavy atom. The first-order chi connectivity index (χ1) is 6.75. The highest BCUT2D eigenvalue weighted by Crippen LogP contribution is 2.36. The summed E-state index contributed by atoms with van der Waals surface area (Å²) >= 11 is 1.95. The van der Waals surface area contributed by atoms with Crippen LogP contribution in [0.25, 0.3) is 0 Å². The number of fused-ring (bicyclic) bond motifs is 1. The molecule has 1 aliphatic heterocycles. The van der Waals surface area contributed by atoms with E-state index in [1.54, 1.807) is 0 Å². The summed E-state index contributed by atoms with van der Waals surface area (Å²) in [5.74, 6) is 0. The zero-order chi connectivity index (χ0) is 9.97. The molecule has 0 spiro atoms. The van der Waals surface area contributed by atoms with Gasteiger partial charge in [-0.05, 0) is 31.9 Å². The van der Waals surface area contributed by atoms with Gasteiger partial charge >= 0.3 is 0 Å². The maximum Gasteiger partial charge on any atom is 0.0595 e. The van der Waals surface area contributed by atoms with Crippen LogP contribution in [0.4, 0.5) is 0 Å². The highest BCUT2D eigenvalue weighted by molar-refractivity contribution is 8.00. The molecular formula is C12H16OS. The van der Waals surface area contributed by atoms with Gasteiger partial charge in [0.15, 0.2) is 0 Å². The summed E-state index contributed by atoms with van der Waals surface area (Å²) in [6.45, 7) is 5.05. The van der Waals surface area contributed by atoms with E-state index >= 15 is 0 Å². The fraction of sp³-hybridized carbons (Fsp3) is 0.500. The van der Waals surface area contributed by atoms with Crippen molar-refractivity contribution < 1.29 is 4.74 Å². The molecule has 0 saturated heterocycles. The zero-order valence-electron chi connectivity index (χ0n) is 8.69. The lowest BCUT2D eigenvalue weighted by atomic mass is 10.1. The quantitative estimate of drug-likeness (QED) is 0.754. The second-order valence-corrected chi connectivity index (χ2v) is 5.28. The van der Waals surface area contributed by atoms with Gasteiger partial charge in [-0.1, -0.05) is 18.2 Å². The first-order valence-electron chi connectivity index (χ1n) is 5.12. The van der Waals surface area contributed by atoms with Gasteiger partial charge in [-0.15, -0.1) is 11.8 Å². The Bertz CT molecular complexity index is 284. The molecule has 1 unspecified atom stereocenters. The predicted octanol–water partition coefficient (Wildman–Crippen LogP) is 3.13. The van der Waals surface area contributed by atoms with E-state index < -0.39 is 0 Å². The lowest BCUT2D eigenvalue weighted by Crippen LogP contribution is -2.14. The molecular weight excluding hydrogens is 192 g/mol. The van der Waals surface area contributed by atoms with Crippen molar-refractivity contribution in [2.24, 2.45) is 0 Å². The second-order valence-electron chi connectivity index (χ2n) is 3.93. The predicted molar refractivity (Wildman–Crippen MR) is 60.9 cm³/mol. The number of hydrogen-bond acceptors (Lipinski definition) is 2. The molecule has 14 heavy (non-hydrogen) atoms. The van der Waals surface area contributed by atoms with E-state index in [9.17, 15) is 0 Å². The van der Waals surface area contributed by atoms with E-state index in [4.69, 9.17) is 4.74 Å². The minimum atomic E-state index is 0.347. The molecule has 1 aromatic carbocycles. The fourth-order valence-corrected chi connectivity index (χ4v) is 2.88. The maximum absolute atomic E-state index is 5.64. The van der Waals surface area contributed by atoms with Gasteiger partial charge in [0.1, 0.15) is 0 Å². The van der Waals surface area contributed by atoms with E-state index in [0.29, 0.717) is 11.4 Å². The van der Waals surface area contributed by atoms with Gasteiger partial charge in [-0.25, -0.2) is 0 Å². The molecule has 2 rings (SSSR count). The summed E-state index contributed by atoms with van der Waals surface area (Å²) in [6, 6.07) is 8.65. The van der Waals surface area contributed by atoms with Crippen molar-refractivity contribution in [2.75, 3.05) is 6.61 Å². The highest BCUT2D eigenvalue weighted by Gasteiger charge is 2.21. The molecule has 1 aliphatic rings. The molecule has 0 radical (unpaired) electrons. The van der Waals surface area contributed by atoms with Gasteiger partial charge in [0, 0.05) is 10.1 Å². The molecule has 1 heterocycles. The van der Waals surface area contributed by atoms with Crippen LogP contribution in [0, 0.1) is 0 Å². The van der Waals surface area contributed by atoms with Crippen LogP contribution in [0.5, 0.6) is 0 Å². The van der Waals surface area contributed by atoms with Crippen LogP contribution in [0.15, 0.2) is 29.2 Å². The molecule has 2 heteroatoms. The van der Waals surface area contributed by atoms with E-state index in [1.807, 2.05) is 11.8 Å². The average molecular weight is 208 g/mol. The lowest BCUT2D eigenvalue weighted by Gasteiger charge is -2.11. The number of rotatable bonds is 3. The van der Waals surface area contributed by atoms with Crippen molar-refractivity contribution in [3.8, 4) is 0 Å². The van der Waals surface area contributed by atoms with Crippen LogP contribution >= 0.6 is 11.8 Å². The van der Waals surface area contributed by atoms with Crippen molar-refractivity contribution in [3.05, 3.63) is 29.8 Å². The molecule has 0 aliphatic carbocycles. The number of hydrogen-bond donors (Lipinski definition) is 0. The average Bonchev–Trinajstić information content (AvgIpc) is 2.57. The summed E-state index contributed by atoms with van der Waals surface area (Å²) in [7, 11) is 0. The van der Waals surface area contributed by atoms with Crippen molar-refractivity contribution in [3.63, 3.8) is 0 Å². The van der Waals surface area contributed by atoms with Gasteiger partial charge in [-0.2, -0.15) is 0 Å². The molecule has 76 valence electrons. The molecule has 0 bridgehead atoms. The smallest absolute Gasteiger partial charge is 0.0595 e. The third kappa shape index (κ3) is 2.31. The van der Waals surface area contributed by atoms with Crippen LogP contribution in [0.1, 0.15) is 19.4 Å². The first kappa shape index (κ1) is 10.1. The number of ether oxygens (including phenoxy) is 1. The van der Waals surface area contributed by atoms with Crippen molar-refractivity contribution in [1.82, 2.24) is 0 Å². The largest absolute Gasteiger partial charge is 0.378 e. The lowest BCUT2D eigenvalue weighted by molar-refractivity contribution is 0.0803. The Morgan fingerprint density at radius 3 is 2.93 bits per heavy atom. The van der Waals surface area contributed by atoms with Gasteiger partial charge in [0.05, 0.1) is 12.7 Å². The Hall–Kier alpha value is -0.470. The van der Waals surface area contributed by atoms with Crippen LogP contribution in [-0.2, 0) is 11.2 Å². The summed E-state index contributed by atoms with van der Waals surface area (Å²) in [5.41, 5.74) is 1.48. The van der Waals surface area contributed by atoms with E-state index in [1.165, 1.54) is 10.5 Å². The van der Waals surface area contributed by atoms with Crippen molar-refractivity contribution >= 4 is 11.8 Å². The Labute approximate surface area is 89.9 Å². The zero-order valence-corrected chi connectivity index (χ0v) is 9.51. The molecule has 0 saturated carbocycles. The molecule has 1 nitrogen and oxygen atoms in total. The monoisotopic (exact) mass is 208 g/mol. The normalized spacial score (nSPS) is 20.1. The summed E-state index contributed by atoms with van der Waals surface area (Å²) in [6.07, 6.45) is 1.51. The van der Waals surface area contributed by atoms with Crippen LogP contribution < -0.4 is 0 Å². The summed E-state index contributed by atoms with van der Waals surface area (Å²) in [4.78, 5) is 1.44. The molecule has 1 atom stereocenters. The molecule has 0 fully saturated rings. The Kier molecular flexibility index (Phi) is 3.14. The molecule has 1 aromatic rings. The maximum atomic E-state index is 5.64. The first-order valence-corrected chi connectivity index (χ1v) is 6.00. The summed E-state index contributed by atoms with van der Waals surface area (Å²) in [5, 5.41) is 0.620. The third-order valence-electron chi connectivity index (χ3n) is 2.33. The van der Waals surface area contributed by atoms with E-state index in [2.05, 4.69) is 38.1 Å². The molecule has 0 amide bonds. The molecule has 0 N–H and O–H groups in total. The number of thioether (sulfide) groups is 1. The fourth-order valence-electron chi connectivity index (χ4n) is 1.65.